The zero-order valence-corrected chi connectivity index (χ0v) is 12.1. The zero-order chi connectivity index (χ0) is 15.4. The molecule has 0 aliphatic carbocycles. The molecule has 0 unspecified atom stereocenters. The van der Waals surface area contributed by atoms with E-state index in [1.165, 1.54) is 19.2 Å². The Labute approximate surface area is 123 Å². The fraction of sp³-hybridized carbons (Fsp3) is 0.188. The maximum Gasteiger partial charge on any atom is 0.259 e. The summed E-state index contributed by atoms with van der Waals surface area (Å²) in [5.74, 6) is 0.698. The summed E-state index contributed by atoms with van der Waals surface area (Å²) in [6.45, 7) is 1.87. The molecule has 0 radical (unpaired) electrons. The Hall–Kier alpha value is -2.69. The molecule has 0 aliphatic rings. The molecule has 0 heterocycles. The number of carbonyl (C=O) groups excluding carboxylic acids is 1. The van der Waals surface area contributed by atoms with E-state index in [1.54, 1.807) is 25.3 Å². The highest BCUT2D eigenvalue weighted by Gasteiger charge is 2.13. The molecule has 2 N–H and O–H groups in total. The first-order valence-electron chi connectivity index (χ1n) is 6.38. The van der Waals surface area contributed by atoms with Gasteiger partial charge in [-0.1, -0.05) is 0 Å². The Morgan fingerprint density at radius 1 is 1.05 bits per heavy atom. The molecule has 0 saturated heterocycles. The van der Waals surface area contributed by atoms with Gasteiger partial charge in [0.1, 0.15) is 17.2 Å². The highest BCUT2D eigenvalue weighted by atomic mass is 16.5. The predicted octanol–water partition coefficient (Wildman–Crippen LogP) is 2.97. The van der Waals surface area contributed by atoms with Crippen molar-refractivity contribution in [3.05, 3.63) is 47.5 Å². The van der Waals surface area contributed by atoms with Gasteiger partial charge in [0.15, 0.2) is 0 Å². The van der Waals surface area contributed by atoms with Crippen molar-refractivity contribution in [2.45, 2.75) is 6.92 Å². The van der Waals surface area contributed by atoms with Gasteiger partial charge in [-0.2, -0.15) is 0 Å². The van der Waals surface area contributed by atoms with Crippen LogP contribution in [0.2, 0.25) is 0 Å². The quantitative estimate of drug-likeness (QED) is 0.907. The number of nitrogens with one attached hydrogen (secondary N) is 1. The first kappa shape index (κ1) is 14.7. The van der Waals surface area contributed by atoms with E-state index in [2.05, 4.69) is 5.32 Å². The van der Waals surface area contributed by atoms with E-state index < -0.39 is 0 Å². The molecule has 0 saturated carbocycles. The molecule has 0 aromatic heterocycles. The van der Waals surface area contributed by atoms with Crippen LogP contribution in [-0.2, 0) is 0 Å². The minimum absolute atomic E-state index is 0.127. The number of aryl methyl sites for hydroxylation is 1. The van der Waals surface area contributed by atoms with Crippen LogP contribution >= 0.6 is 0 Å². The van der Waals surface area contributed by atoms with Gasteiger partial charge in [-0.15, -0.1) is 0 Å². The van der Waals surface area contributed by atoms with Crippen LogP contribution in [-0.4, -0.2) is 25.2 Å². The number of amides is 1. The van der Waals surface area contributed by atoms with Crippen molar-refractivity contribution in [1.82, 2.24) is 0 Å². The van der Waals surface area contributed by atoms with Gasteiger partial charge in [0.25, 0.3) is 5.91 Å². The van der Waals surface area contributed by atoms with E-state index in [0.29, 0.717) is 11.4 Å². The predicted molar refractivity (Wildman–Crippen MR) is 80.3 cm³/mol. The molecule has 0 aliphatic heterocycles. The summed E-state index contributed by atoms with van der Waals surface area (Å²) in [4.78, 5) is 12.2. The lowest BCUT2D eigenvalue weighted by Crippen LogP contribution is -2.13. The lowest BCUT2D eigenvalue weighted by molar-refractivity contribution is 0.102. The normalized spacial score (nSPS) is 10.0. The summed E-state index contributed by atoms with van der Waals surface area (Å²) in [6.07, 6.45) is 0. The van der Waals surface area contributed by atoms with Crippen LogP contribution in [0.25, 0.3) is 0 Å². The maximum atomic E-state index is 12.2. The van der Waals surface area contributed by atoms with Crippen LogP contribution in [0.1, 0.15) is 15.9 Å². The second-order valence-corrected chi connectivity index (χ2v) is 4.52. The van der Waals surface area contributed by atoms with Crippen molar-refractivity contribution in [2.75, 3.05) is 19.5 Å². The van der Waals surface area contributed by atoms with Crippen molar-refractivity contribution < 1.29 is 19.4 Å². The topological polar surface area (TPSA) is 67.8 Å². The van der Waals surface area contributed by atoms with E-state index in [-0.39, 0.29) is 17.2 Å². The van der Waals surface area contributed by atoms with Crippen molar-refractivity contribution in [3.8, 4) is 17.2 Å². The number of ether oxygens (including phenoxy) is 2. The number of aromatic hydroxyl groups is 1. The van der Waals surface area contributed by atoms with E-state index >= 15 is 0 Å². The highest BCUT2D eigenvalue weighted by Crippen LogP contribution is 2.26. The van der Waals surface area contributed by atoms with Crippen LogP contribution in [0.5, 0.6) is 17.2 Å². The SMILES string of the molecule is COc1ccc(NC(=O)c2ccc(OC)cc2O)c(C)c1. The summed E-state index contributed by atoms with van der Waals surface area (Å²) in [6, 6.07) is 9.88. The number of benzene rings is 2. The van der Waals surface area contributed by atoms with Crippen molar-refractivity contribution >= 4 is 11.6 Å². The molecule has 0 spiro atoms. The largest absolute Gasteiger partial charge is 0.507 e. The zero-order valence-electron chi connectivity index (χ0n) is 12.1. The minimum atomic E-state index is -0.386. The third kappa shape index (κ3) is 3.25. The highest BCUT2D eigenvalue weighted by molar-refractivity contribution is 6.06. The fourth-order valence-corrected chi connectivity index (χ4v) is 1.92. The number of hydrogen-bond acceptors (Lipinski definition) is 4. The third-order valence-corrected chi connectivity index (χ3v) is 3.13. The van der Waals surface area contributed by atoms with E-state index in [1.807, 2.05) is 13.0 Å². The van der Waals surface area contributed by atoms with Crippen molar-refractivity contribution in [3.63, 3.8) is 0 Å². The molecule has 0 fully saturated rings. The first-order valence-corrected chi connectivity index (χ1v) is 6.38. The molecule has 2 aromatic carbocycles. The molecule has 2 rings (SSSR count). The molecular formula is C16H17NO4. The van der Waals surface area contributed by atoms with Gasteiger partial charge in [0.05, 0.1) is 19.8 Å². The number of phenols is 1. The monoisotopic (exact) mass is 287 g/mol. The van der Waals surface area contributed by atoms with Crippen LogP contribution in [0.3, 0.4) is 0 Å². The van der Waals surface area contributed by atoms with Crippen LogP contribution in [0, 0.1) is 6.92 Å². The minimum Gasteiger partial charge on any atom is -0.507 e. The Balaban J connectivity index is 2.22. The second-order valence-electron chi connectivity index (χ2n) is 4.52. The van der Waals surface area contributed by atoms with Gasteiger partial charge in [-0.25, -0.2) is 0 Å². The number of rotatable bonds is 4. The molecule has 0 bridgehead atoms. The molecule has 21 heavy (non-hydrogen) atoms. The molecular weight excluding hydrogens is 270 g/mol. The summed E-state index contributed by atoms with van der Waals surface area (Å²) in [7, 11) is 3.08. The van der Waals surface area contributed by atoms with E-state index in [0.717, 1.165) is 11.3 Å². The number of anilines is 1. The van der Waals surface area contributed by atoms with Gasteiger partial charge in [-0.3, -0.25) is 4.79 Å². The fourth-order valence-electron chi connectivity index (χ4n) is 1.92. The van der Waals surface area contributed by atoms with Crippen molar-refractivity contribution in [1.29, 1.82) is 0 Å². The van der Waals surface area contributed by atoms with Crippen LogP contribution in [0.4, 0.5) is 5.69 Å². The summed E-state index contributed by atoms with van der Waals surface area (Å²) >= 11 is 0. The smallest absolute Gasteiger partial charge is 0.259 e. The van der Waals surface area contributed by atoms with Crippen LogP contribution in [0.15, 0.2) is 36.4 Å². The lowest BCUT2D eigenvalue weighted by atomic mass is 10.1. The summed E-state index contributed by atoms with van der Waals surface area (Å²) in [5, 5.41) is 12.6. The summed E-state index contributed by atoms with van der Waals surface area (Å²) in [5.41, 5.74) is 1.72. The van der Waals surface area contributed by atoms with Gasteiger partial charge in [0, 0.05) is 11.8 Å². The van der Waals surface area contributed by atoms with Gasteiger partial charge < -0.3 is 19.9 Å². The van der Waals surface area contributed by atoms with Crippen molar-refractivity contribution in [2.24, 2.45) is 0 Å². The second kappa shape index (κ2) is 6.17. The molecule has 5 nitrogen and oxygen atoms in total. The average molecular weight is 287 g/mol. The van der Waals surface area contributed by atoms with E-state index in [4.69, 9.17) is 9.47 Å². The Kier molecular flexibility index (Phi) is 4.33. The molecule has 0 atom stereocenters. The Bertz CT molecular complexity index is 667. The number of hydrogen-bond donors (Lipinski definition) is 2. The standard InChI is InChI=1S/C16H17NO4/c1-10-8-11(20-2)5-7-14(10)17-16(19)13-6-4-12(21-3)9-15(13)18/h4-9,18H,1-3H3,(H,17,19). The van der Waals surface area contributed by atoms with Gasteiger partial charge >= 0.3 is 0 Å². The Morgan fingerprint density at radius 3 is 2.24 bits per heavy atom. The van der Waals surface area contributed by atoms with Gasteiger partial charge in [-0.05, 0) is 42.8 Å². The average Bonchev–Trinajstić information content (AvgIpc) is 2.48. The third-order valence-electron chi connectivity index (χ3n) is 3.13. The first-order chi connectivity index (χ1) is 10.0. The molecule has 110 valence electrons. The summed E-state index contributed by atoms with van der Waals surface area (Å²) < 4.78 is 10.1. The van der Waals surface area contributed by atoms with E-state index in [9.17, 15) is 9.90 Å². The molecule has 1 amide bonds. The molecule has 5 heteroatoms. The van der Waals surface area contributed by atoms with Crippen LogP contribution < -0.4 is 14.8 Å². The maximum absolute atomic E-state index is 12.2. The molecule has 2 aromatic rings. The number of methoxy groups -OCH3 is 2. The number of phenolic OH excluding ortho intramolecular Hbond substituents is 1. The number of carbonyl (C=O) groups is 1. The van der Waals surface area contributed by atoms with Gasteiger partial charge in [0.2, 0.25) is 0 Å². The lowest BCUT2D eigenvalue weighted by Gasteiger charge is -2.11. The Morgan fingerprint density at radius 2 is 1.67 bits per heavy atom.